The van der Waals surface area contributed by atoms with E-state index in [2.05, 4.69) is 4.98 Å². The first-order valence-electron chi connectivity index (χ1n) is 2.95. The predicted octanol–water partition coefficient (Wildman–Crippen LogP) is -0.00700. The standard InChI is InChI=1S/C7H6N2O2/c8-7(11)5-2-1-3-9-6(5)4-10/h1-4H,(H2,8,11). The van der Waals surface area contributed by atoms with Gasteiger partial charge in [-0.15, -0.1) is 0 Å². The predicted molar refractivity (Wildman–Crippen MR) is 38.1 cm³/mol. The average Bonchev–Trinajstić information content (AvgIpc) is 2.04. The van der Waals surface area contributed by atoms with Crippen molar-refractivity contribution in [2.75, 3.05) is 0 Å². The molecule has 0 saturated heterocycles. The van der Waals surface area contributed by atoms with E-state index in [0.29, 0.717) is 6.29 Å². The second-order valence-corrected chi connectivity index (χ2v) is 1.92. The Labute approximate surface area is 63.0 Å². The number of hydrogen-bond acceptors (Lipinski definition) is 3. The maximum atomic E-state index is 10.6. The maximum absolute atomic E-state index is 10.6. The van der Waals surface area contributed by atoms with Crippen molar-refractivity contribution in [3.05, 3.63) is 29.6 Å². The summed E-state index contributed by atoms with van der Waals surface area (Å²) in [5.74, 6) is -0.639. The van der Waals surface area contributed by atoms with E-state index in [9.17, 15) is 9.59 Å². The van der Waals surface area contributed by atoms with Gasteiger partial charge in [-0.1, -0.05) is 0 Å². The molecule has 4 nitrogen and oxygen atoms in total. The highest BCUT2D eigenvalue weighted by molar-refractivity contribution is 5.99. The summed E-state index contributed by atoms with van der Waals surface area (Å²) in [5.41, 5.74) is 5.19. The van der Waals surface area contributed by atoms with E-state index in [-0.39, 0.29) is 11.3 Å². The molecule has 1 rings (SSSR count). The van der Waals surface area contributed by atoms with Crippen molar-refractivity contribution in [1.29, 1.82) is 0 Å². The summed E-state index contributed by atoms with van der Waals surface area (Å²) in [5, 5.41) is 0. The number of nitrogens with zero attached hydrogens (tertiary/aromatic N) is 1. The number of aldehydes is 1. The third-order valence-electron chi connectivity index (χ3n) is 1.22. The number of rotatable bonds is 2. The Balaban J connectivity index is 3.22. The zero-order valence-electron chi connectivity index (χ0n) is 5.65. The number of nitrogens with two attached hydrogens (primary N) is 1. The summed E-state index contributed by atoms with van der Waals surface area (Å²) in [7, 11) is 0. The van der Waals surface area contributed by atoms with Crippen LogP contribution in [0.15, 0.2) is 18.3 Å². The van der Waals surface area contributed by atoms with Crippen molar-refractivity contribution in [3.63, 3.8) is 0 Å². The molecule has 4 heteroatoms. The molecule has 11 heavy (non-hydrogen) atoms. The molecule has 2 N–H and O–H groups in total. The van der Waals surface area contributed by atoms with Gasteiger partial charge in [-0.25, -0.2) is 0 Å². The number of amides is 1. The smallest absolute Gasteiger partial charge is 0.251 e. The maximum Gasteiger partial charge on any atom is 0.251 e. The molecule has 0 aliphatic heterocycles. The molecular formula is C7H6N2O2. The fraction of sp³-hybridized carbons (Fsp3) is 0. The molecule has 0 aromatic carbocycles. The number of primary amides is 1. The second kappa shape index (κ2) is 2.92. The third-order valence-corrected chi connectivity index (χ3v) is 1.22. The minimum atomic E-state index is -0.639. The van der Waals surface area contributed by atoms with Crippen molar-refractivity contribution in [3.8, 4) is 0 Å². The van der Waals surface area contributed by atoms with Gasteiger partial charge in [0.25, 0.3) is 5.91 Å². The molecule has 1 aromatic rings. The van der Waals surface area contributed by atoms with E-state index in [1.807, 2.05) is 0 Å². The Kier molecular flexibility index (Phi) is 1.96. The quantitative estimate of drug-likeness (QED) is 0.602. The van der Waals surface area contributed by atoms with Crippen LogP contribution in [0.2, 0.25) is 0 Å². The van der Waals surface area contributed by atoms with Gasteiger partial charge in [0.15, 0.2) is 6.29 Å². The van der Waals surface area contributed by atoms with Crippen LogP contribution in [0, 0.1) is 0 Å². The number of hydrogen-bond donors (Lipinski definition) is 1. The largest absolute Gasteiger partial charge is 0.366 e. The van der Waals surface area contributed by atoms with Crippen LogP contribution in [-0.2, 0) is 0 Å². The van der Waals surface area contributed by atoms with Gasteiger partial charge >= 0.3 is 0 Å². The molecular weight excluding hydrogens is 144 g/mol. The lowest BCUT2D eigenvalue weighted by Crippen LogP contribution is -2.14. The third kappa shape index (κ3) is 1.40. The molecule has 0 radical (unpaired) electrons. The first-order chi connectivity index (χ1) is 5.25. The molecule has 1 amide bonds. The van der Waals surface area contributed by atoms with Gasteiger partial charge in [-0.2, -0.15) is 0 Å². The lowest BCUT2D eigenvalue weighted by molar-refractivity contribution is 0.0992. The first kappa shape index (κ1) is 7.40. The summed E-state index contributed by atoms with van der Waals surface area (Å²) in [6.07, 6.45) is 1.93. The van der Waals surface area contributed by atoms with Gasteiger partial charge in [-0.3, -0.25) is 14.6 Å². The van der Waals surface area contributed by atoms with Crippen LogP contribution in [0.3, 0.4) is 0 Å². The van der Waals surface area contributed by atoms with Crippen molar-refractivity contribution in [2.24, 2.45) is 5.73 Å². The van der Waals surface area contributed by atoms with Crippen molar-refractivity contribution < 1.29 is 9.59 Å². The first-order valence-corrected chi connectivity index (χ1v) is 2.95. The lowest BCUT2D eigenvalue weighted by atomic mass is 10.2. The van der Waals surface area contributed by atoms with E-state index in [4.69, 9.17) is 5.73 Å². The van der Waals surface area contributed by atoms with Crippen molar-refractivity contribution >= 4 is 12.2 Å². The monoisotopic (exact) mass is 150 g/mol. The molecule has 0 unspecified atom stereocenters. The molecule has 0 atom stereocenters. The highest BCUT2D eigenvalue weighted by atomic mass is 16.1. The van der Waals surface area contributed by atoms with Crippen molar-refractivity contribution in [1.82, 2.24) is 4.98 Å². The fourth-order valence-electron chi connectivity index (χ4n) is 0.720. The Bertz CT molecular complexity index is 296. The molecule has 0 spiro atoms. The fourth-order valence-corrected chi connectivity index (χ4v) is 0.720. The number of pyridine rings is 1. The number of aromatic nitrogens is 1. The Morgan fingerprint density at radius 2 is 2.36 bits per heavy atom. The summed E-state index contributed by atoms with van der Waals surface area (Å²) < 4.78 is 0. The van der Waals surface area contributed by atoms with Gasteiger partial charge in [-0.05, 0) is 12.1 Å². The topological polar surface area (TPSA) is 73.1 Å². The van der Waals surface area contributed by atoms with Gasteiger partial charge < -0.3 is 5.73 Å². The van der Waals surface area contributed by atoms with Crippen LogP contribution < -0.4 is 5.73 Å². The van der Waals surface area contributed by atoms with E-state index in [1.165, 1.54) is 12.3 Å². The van der Waals surface area contributed by atoms with E-state index < -0.39 is 5.91 Å². The van der Waals surface area contributed by atoms with Gasteiger partial charge in [0.05, 0.1) is 5.56 Å². The van der Waals surface area contributed by atoms with Crippen molar-refractivity contribution in [2.45, 2.75) is 0 Å². The molecule has 0 aliphatic carbocycles. The van der Waals surface area contributed by atoms with Gasteiger partial charge in [0.2, 0.25) is 0 Å². The van der Waals surface area contributed by atoms with E-state index in [1.54, 1.807) is 6.07 Å². The van der Waals surface area contributed by atoms with Gasteiger partial charge in [0, 0.05) is 6.20 Å². The molecule has 1 heterocycles. The summed E-state index contributed by atoms with van der Waals surface area (Å²) >= 11 is 0. The molecule has 56 valence electrons. The van der Waals surface area contributed by atoms with Crippen LogP contribution >= 0.6 is 0 Å². The SMILES string of the molecule is NC(=O)c1cccnc1C=O. The zero-order chi connectivity index (χ0) is 8.27. The normalized spacial score (nSPS) is 9.09. The zero-order valence-corrected chi connectivity index (χ0v) is 5.65. The Hall–Kier alpha value is -1.71. The highest BCUT2D eigenvalue weighted by Crippen LogP contribution is 2.00. The van der Waals surface area contributed by atoms with Crippen LogP contribution in [0.4, 0.5) is 0 Å². The van der Waals surface area contributed by atoms with Crippen LogP contribution in [-0.4, -0.2) is 17.2 Å². The minimum Gasteiger partial charge on any atom is -0.366 e. The van der Waals surface area contributed by atoms with E-state index >= 15 is 0 Å². The molecule has 1 aromatic heterocycles. The van der Waals surface area contributed by atoms with Crippen LogP contribution in [0.5, 0.6) is 0 Å². The van der Waals surface area contributed by atoms with Crippen LogP contribution in [0.25, 0.3) is 0 Å². The van der Waals surface area contributed by atoms with E-state index in [0.717, 1.165) is 0 Å². The summed E-state index contributed by atoms with van der Waals surface area (Å²) in [6, 6.07) is 3.01. The van der Waals surface area contributed by atoms with Gasteiger partial charge in [0.1, 0.15) is 5.69 Å². The summed E-state index contributed by atoms with van der Waals surface area (Å²) in [4.78, 5) is 24.5. The minimum absolute atomic E-state index is 0.0833. The number of carbonyl (C=O) groups is 2. The Morgan fingerprint density at radius 1 is 1.64 bits per heavy atom. The second-order valence-electron chi connectivity index (χ2n) is 1.92. The molecule has 0 saturated carbocycles. The molecule has 0 aliphatic rings. The lowest BCUT2D eigenvalue weighted by Gasteiger charge is -1.95. The molecule has 0 fully saturated rings. The average molecular weight is 150 g/mol. The van der Waals surface area contributed by atoms with Crippen LogP contribution in [0.1, 0.15) is 20.8 Å². The molecule has 0 bridgehead atoms. The Morgan fingerprint density at radius 3 is 2.82 bits per heavy atom. The summed E-state index contributed by atoms with van der Waals surface area (Å²) in [6.45, 7) is 0. The number of carbonyl (C=O) groups excluding carboxylic acids is 2. The highest BCUT2D eigenvalue weighted by Gasteiger charge is 2.05.